The molecule has 0 fully saturated rings. The third kappa shape index (κ3) is 1.22. The SMILES string of the molecule is O=COC(=O)c1ccco1. The molecular weight excluding hydrogens is 136 g/mol. The van der Waals surface area contributed by atoms with E-state index in [0.717, 1.165) is 0 Å². The molecule has 4 heteroatoms. The molecule has 0 aliphatic carbocycles. The molecule has 0 aliphatic heterocycles. The minimum atomic E-state index is -0.778. The van der Waals surface area contributed by atoms with Crippen LogP contribution in [0.15, 0.2) is 22.8 Å². The van der Waals surface area contributed by atoms with Crippen molar-refractivity contribution in [3.63, 3.8) is 0 Å². The maximum absolute atomic E-state index is 10.6. The van der Waals surface area contributed by atoms with Crippen molar-refractivity contribution in [2.75, 3.05) is 0 Å². The van der Waals surface area contributed by atoms with Gasteiger partial charge in [-0.25, -0.2) is 4.79 Å². The van der Waals surface area contributed by atoms with E-state index < -0.39 is 5.97 Å². The fourth-order valence-corrected chi connectivity index (χ4v) is 0.496. The van der Waals surface area contributed by atoms with Gasteiger partial charge in [0.15, 0.2) is 0 Å². The Balaban J connectivity index is 2.68. The van der Waals surface area contributed by atoms with E-state index in [0.29, 0.717) is 0 Å². The molecule has 0 N–H and O–H groups in total. The lowest BCUT2D eigenvalue weighted by atomic mass is 10.5. The largest absolute Gasteiger partial charge is 0.457 e. The van der Waals surface area contributed by atoms with Crippen molar-refractivity contribution in [2.24, 2.45) is 0 Å². The van der Waals surface area contributed by atoms with Crippen LogP contribution in [0.25, 0.3) is 0 Å². The molecule has 1 heterocycles. The van der Waals surface area contributed by atoms with E-state index in [-0.39, 0.29) is 12.2 Å². The second-order valence-electron chi connectivity index (χ2n) is 1.48. The molecule has 0 unspecified atom stereocenters. The van der Waals surface area contributed by atoms with Crippen LogP contribution in [0.4, 0.5) is 0 Å². The second-order valence-corrected chi connectivity index (χ2v) is 1.48. The molecule has 1 rings (SSSR count). The molecule has 0 spiro atoms. The Kier molecular flexibility index (Phi) is 1.84. The summed E-state index contributed by atoms with van der Waals surface area (Å²) >= 11 is 0. The summed E-state index contributed by atoms with van der Waals surface area (Å²) in [7, 11) is 0. The first-order valence-corrected chi connectivity index (χ1v) is 2.52. The summed E-state index contributed by atoms with van der Waals surface area (Å²) < 4.78 is 8.59. The average Bonchev–Trinajstić information content (AvgIpc) is 2.38. The molecule has 0 saturated heterocycles. The highest BCUT2D eigenvalue weighted by atomic mass is 16.6. The zero-order chi connectivity index (χ0) is 7.40. The van der Waals surface area contributed by atoms with Gasteiger partial charge in [-0.15, -0.1) is 0 Å². The van der Waals surface area contributed by atoms with Gasteiger partial charge in [-0.1, -0.05) is 0 Å². The average molecular weight is 140 g/mol. The zero-order valence-corrected chi connectivity index (χ0v) is 4.94. The molecule has 0 aromatic carbocycles. The molecule has 0 atom stereocenters. The van der Waals surface area contributed by atoms with Crippen LogP contribution in [0.5, 0.6) is 0 Å². The van der Waals surface area contributed by atoms with Gasteiger partial charge in [0, 0.05) is 0 Å². The minimum Gasteiger partial charge on any atom is -0.457 e. The Morgan fingerprint density at radius 1 is 1.70 bits per heavy atom. The van der Waals surface area contributed by atoms with Crippen LogP contribution in [0.2, 0.25) is 0 Å². The summed E-state index contributed by atoms with van der Waals surface area (Å²) in [4.78, 5) is 20.2. The highest BCUT2D eigenvalue weighted by Crippen LogP contribution is 2.00. The van der Waals surface area contributed by atoms with Crippen LogP contribution < -0.4 is 0 Å². The molecule has 10 heavy (non-hydrogen) atoms. The van der Waals surface area contributed by atoms with E-state index in [1.54, 1.807) is 0 Å². The molecule has 52 valence electrons. The number of ether oxygens (including phenoxy) is 1. The lowest BCUT2D eigenvalue weighted by Crippen LogP contribution is -2.00. The Labute approximate surface area is 56.4 Å². The van der Waals surface area contributed by atoms with Gasteiger partial charge in [0.2, 0.25) is 5.76 Å². The number of furan rings is 1. The molecule has 0 bridgehead atoms. The van der Waals surface area contributed by atoms with E-state index in [9.17, 15) is 9.59 Å². The van der Waals surface area contributed by atoms with Crippen molar-refractivity contribution in [2.45, 2.75) is 0 Å². The van der Waals surface area contributed by atoms with Crippen LogP contribution in [0.3, 0.4) is 0 Å². The van der Waals surface area contributed by atoms with Crippen molar-refractivity contribution in [1.82, 2.24) is 0 Å². The van der Waals surface area contributed by atoms with E-state index in [1.165, 1.54) is 18.4 Å². The molecule has 4 nitrogen and oxygen atoms in total. The van der Waals surface area contributed by atoms with Crippen LogP contribution in [0.1, 0.15) is 10.6 Å². The van der Waals surface area contributed by atoms with Crippen molar-refractivity contribution in [3.8, 4) is 0 Å². The Bertz CT molecular complexity index is 224. The van der Waals surface area contributed by atoms with Gasteiger partial charge < -0.3 is 9.15 Å². The first-order chi connectivity index (χ1) is 4.84. The number of esters is 1. The van der Waals surface area contributed by atoms with E-state index in [2.05, 4.69) is 9.15 Å². The lowest BCUT2D eigenvalue weighted by Gasteiger charge is -1.88. The summed E-state index contributed by atoms with van der Waals surface area (Å²) in [6, 6.07) is 2.94. The highest BCUT2D eigenvalue weighted by molar-refractivity contribution is 5.90. The van der Waals surface area contributed by atoms with Crippen LogP contribution in [-0.2, 0) is 9.53 Å². The predicted molar refractivity (Wildman–Crippen MR) is 30.2 cm³/mol. The molecule has 1 aromatic rings. The van der Waals surface area contributed by atoms with Gasteiger partial charge in [0.1, 0.15) is 0 Å². The van der Waals surface area contributed by atoms with Gasteiger partial charge >= 0.3 is 12.4 Å². The topological polar surface area (TPSA) is 56.5 Å². The van der Waals surface area contributed by atoms with E-state index in [1.807, 2.05) is 0 Å². The van der Waals surface area contributed by atoms with Crippen LogP contribution in [-0.4, -0.2) is 12.4 Å². The Hall–Kier alpha value is -1.58. The first kappa shape index (κ1) is 6.54. The summed E-state index contributed by atoms with van der Waals surface area (Å²) in [5, 5.41) is 0. The van der Waals surface area contributed by atoms with Gasteiger partial charge in [0.05, 0.1) is 6.26 Å². The van der Waals surface area contributed by atoms with Crippen LogP contribution in [0, 0.1) is 0 Å². The minimum absolute atomic E-state index is 0.0205. The number of carbonyl (C=O) groups excluding carboxylic acids is 2. The summed E-state index contributed by atoms with van der Waals surface area (Å²) in [6.45, 7) is 0.0604. The molecule has 0 saturated carbocycles. The monoisotopic (exact) mass is 140 g/mol. The van der Waals surface area contributed by atoms with Crippen molar-refractivity contribution in [1.29, 1.82) is 0 Å². The molecule has 1 aromatic heterocycles. The third-order valence-electron chi connectivity index (χ3n) is 0.878. The number of hydrogen-bond acceptors (Lipinski definition) is 4. The predicted octanol–water partition coefficient (Wildman–Crippen LogP) is 0.593. The number of rotatable bonds is 2. The fourth-order valence-electron chi connectivity index (χ4n) is 0.496. The summed E-state index contributed by atoms with van der Waals surface area (Å²) in [5.41, 5.74) is 0. The zero-order valence-electron chi connectivity index (χ0n) is 4.94. The van der Waals surface area contributed by atoms with Gasteiger partial charge in [-0.2, -0.15) is 0 Å². The Morgan fingerprint density at radius 2 is 2.50 bits per heavy atom. The lowest BCUT2D eigenvalue weighted by molar-refractivity contribution is -0.124. The fraction of sp³-hybridized carbons (Fsp3) is 0. The maximum Gasteiger partial charge on any atom is 0.381 e. The summed E-state index contributed by atoms with van der Waals surface area (Å²) in [6.07, 6.45) is 1.32. The number of carbonyl (C=O) groups is 2. The normalized spacial score (nSPS) is 8.80. The maximum atomic E-state index is 10.6. The molecule has 0 amide bonds. The molecule has 0 aliphatic rings. The van der Waals surface area contributed by atoms with E-state index >= 15 is 0 Å². The number of hydrogen-bond donors (Lipinski definition) is 0. The second kappa shape index (κ2) is 2.82. The Morgan fingerprint density at radius 3 is 3.00 bits per heavy atom. The molecular formula is C6H4O4. The first-order valence-electron chi connectivity index (χ1n) is 2.52. The smallest absolute Gasteiger partial charge is 0.381 e. The van der Waals surface area contributed by atoms with Crippen molar-refractivity contribution in [3.05, 3.63) is 24.2 Å². The van der Waals surface area contributed by atoms with Gasteiger partial charge in [-0.3, -0.25) is 4.79 Å². The quantitative estimate of drug-likeness (QED) is 0.342. The van der Waals surface area contributed by atoms with Crippen molar-refractivity contribution >= 4 is 12.4 Å². The van der Waals surface area contributed by atoms with Gasteiger partial charge in [0.25, 0.3) is 0 Å². The van der Waals surface area contributed by atoms with Crippen LogP contribution >= 0.6 is 0 Å². The highest BCUT2D eigenvalue weighted by Gasteiger charge is 2.07. The summed E-state index contributed by atoms with van der Waals surface area (Å²) in [5.74, 6) is -0.757. The van der Waals surface area contributed by atoms with Gasteiger partial charge in [-0.05, 0) is 12.1 Å². The third-order valence-corrected chi connectivity index (χ3v) is 0.878. The van der Waals surface area contributed by atoms with E-state index in [4.69, 9.17) is 0 Å². The standard InChI is InChI=1S/C6H4O4/c7-4-10-6(8)5-2-1-3-9-5/h1-4H. The molecule has 0 radical (unpaired) electrons. The van der Waals surface area contributed by atoms with Crippen molar-refractivity contribution < 1.29 is 18.7 Å².